The topological polar surface area (TPSA) is 126 Å². The summed E-state index contributed by atoms with van der Waals surface area (Å²) >= 11 is 2.06. The molecule has 20 heavy (non-hydrogen) atoms. The molecule has 1 aliphatic rings. The third-order valence-corrected chi connectivity index (χ3v) is 4.18. The van der Waals surface area contributed by atoms with E-state index in [-0.39, 0.29) is 18.1 Å². The molecule has 0 aliphatic carbocycles. The molecule has 3 atom stereocenters. The SMILES string of the molecule is Nc1nc2c(cc(I)n2[C@H]2C[C@H](O)[C@@H](CO)O2)c(=O)[nH]1. The fraction of sp³-hybridized carbons (Fsp3) is 0.455. The van der Waals surface area contributed by atoms with Crippen molar-refractivity contribution in [3.8, 4) is 0 Å². The molecule has 5 N–H and O–H groups in total. The third-order valence-electron chi connectivity index (χ3n) is 3.35. The van der Waals surface area contributed by atoms with Crippen LogP contribution in [-0.4, -0.2) is 43.6 Å². The van der Waals surface area contributed by atoms with Crippen molar-refractivity contribution < 1.29 is 14.9 Å². The van der Waals surface area contributed by atoms with Crippen molar-refractivity contribution in [2.75, 3.05) is 12.3 Å². The number of H-pyrrole nitrogens is 1. The van der Waals surface area contributed by atoms with Gasteiger partial charge in [-0.05, 0) is 28.7 Å². The molecule has 2 aromatic heterocycles. The van der Waals surface area contributed by atoms with E-state index in [1.54, 1.807) is 10.6 Å². The van der Waals surface area contributed by atoms with E-state index >= 15 is 0 Å². The lowest BCUT2D eigenvalue weighted by atomic mass is 10.2. The molecule has 0 saturated carbocycles. The highest BCUT2D eigenvalue weighted by atomic mass is 127. The van der Waals surface area contributed by atoms with Crippen molar-refractivity contribution in [2.24, 2.45) is 0 Å². The molecule has 8 nitrogen and oxygen atoms in total. The van der Waals surface area contributed by atoms with Gasteiger partial charge in [-0.1, -0.05) is 0 Å². The van der Waals surface area contributed by atoms with Crippen LogP contribution in [0, 0.1) is 3.70 Å². The van der Waals surface area contributed by atoms with Gasteiger partial charge in [0.15, 0.2) is 5.65 Å². The number of halogens is 1. The zero-order valence-electron chi connectivity index (χ0n) is 10.3. The predicted molar refractivity (Wildman–Crippen MR) is 79.1 cm³/mol. The van der Waals surface area contributed by atoms with Crippen molar-refractivity contribution in [1.82, 2.24) is 14.5 Å². The Hall–Kier alpha value is -1.17. The molecule has 0 spiro atoms. The number of nitrogens with zero attached hydrogens (tertiary/aromatic N) is 2. The number of aromatic nitrogens is 3. The highest BCUT2D eigenvalue weighted by Gasteiger charge is 2.36. The largest absolute Gasteiger partial charge is 0.394 e. The maximum absolute atomic E-state index is 11.8. The number of nitrogens with one attached hydrogen (secondary N) is 1. The fourth-order valence-electron chi connectivity index (χ4n) is 2.40. The molecule has 0 amide bonds. The van der Waals surface area contributed by atoms with E-state index in [1.165, 1.54) is 0 Å². The minimum Gasteiger partial charge on any atom is -0.394 e. The van der Waals surface area contributed by atoms with Crippen LogP contribution in [0.25, 0.3) is 11.0 Å². The summed E-state index contributed by atoms with van der Waals surface area (Å²) in [7, 11) is 0. The Morgan fingerprint density at radius 2 is 2.40 bits per heavy atom. The molecule has 9 heteroatoms. The first-order valence-corrected chi connectivity index (χ1v) is 7.09. The first-order chi connectivity index (χ1) is 9.51. The average molecular weight is 392 g/mol. The van der Waals surface area contributed by atoms with Gasteiger partial charge in [-0.2, -0.15) is 4.98 Å². The number of aromatic amines is 1. The number of nitrogens with two attached hydrogens (primary N) is 1. The van der Waals surface area contributed by atoms with Gasteiger partial charge >= 0.3 is 0 Å². The van der Waals surface area contributed by atoms with Crippen LogP contribution >= 0.6 is 22.6 Å². The summed E-state index contributed by atoms with van der Waals surface area (Å²) < 4.78 is 8.06. The normalized spacial score (nSPS) is 26.4. The van der Waals surface area contributed by atoms with Gasteiger partial charge < -0.3 is 20.7 Å². The van der Waals surface area contributed by atoms with Crippen molar-refractivity contribution in [3.63, 3.8) is 0 Å². The number of nitrogen functional groups attached to an aromatic ring is 1. The summed E-state index contributed by atoms with van der Waals surface area (Å²) in [5.74, 6) is 0.0236. The van der Waals surface area contributed by atoms with E-state index in [0.29, 0.717) is 17.5 Å². The molecule has 1 aliphatic heterocycles. The second-order valence-corrected chi connectivity index (χ2v) is 5.75. The molecular formula is C11H13IN4O4. The number of rotatable bonds is 2. The Balaban J connectivity index is 2.13. The Morgan fingerprint density at radius 1 is 1.65 bits per heavy atom. The van der Waals surface area contributed by atoms with Gasteiger partial charge in [0.2, 0.25) is 5.95 Å². The summed E-state index contributed by atoms with van der Waals surface area (Å²) in [5.41, 5.74) is 5.66. The van der Waals surface area contributed by atoms with Crippen molar-refractivity contribution in [2.45, 2.75) is 24.9 Å². The molecule has 2 aromatic rings. The van der Waals surface area contributed by atoms with Gasteiger partial charge in [0, 0.05) is 6.42 Å². The van der Waals surface area contributed by atoms with Crippen LogP contribution in [0.4, 0.5) is 5.95 Å². The number of hydrogen-bond donors (Lipinski definition) is 4. The van der Waals surface area contributed by atoms with Crippen molar-refractivity contribution in [1.29, 1.82) is 0 Å². The first-order valence-electron chi connectivity index (χ1n) is 6.02. The molecule has 1 saturated heterocycles. The smallest absolute Gasteiger partial charge is 0.261 e. The Morgan fingerprint density at radius 3 is 3.05 bits per heavy atom. The van der Waals surface area contributed by atoms with Crippen molar-refractivity contribution in [3.05, 3.63) is 20.1 Å². The zero-order valence-corrected chi connectivity index (χ0v) is 12.4. The zero-order chi connectivity index (χ0) is 14.4. The van der Waals surface area contributed by atoms with Gasteiger partial charge in [-0.3, -0.25) is 14.3 Å². The number of aliphatic hydroxyl groups is 2. The van der Waals surface area contributed by atoms with Crippen LogP contribution in [0.3, 0.4) is 0 Å². The number of fused-ring (bicyclic) bond motifs is 1. The van der Waals surface area contributed by atoms with Crippen LogP contribution in [-0.2, 0) is 4.74 Å². The Kier molecular flexibility index (Phi) is 3.44. The predicted octanol–water partition coefficient (Wildman–Crippen LogP) is -0.448. The minimum absolute atomic E-state index is 0.0236. The second kappa shape index (κ2) is 4.98. The quantitative estimate of drug-likeness (QED) is 0.513. The van der Waals surface area contributed by atoms with E-state index in [4.69, 9.17) is 15.6 Å². The molecule has 3 rings (SSSR count). The molecule has 0 bridgehead atoms. The van der Waals surface area contributed by atoms with E-state index < -0.39 is 18.4 Å². The number of aliphatic hydroxyl groups excluding tert-OH is 2. The van der Waals surface area contributed by atoms with E-state index in [9.17, 15) is 9.90 Å². The molecular weight excluding hydrogens is 379 g/mol. The van der Waals surface area contributed by atoms with Crippen molar-refractivity contribution >= 4 is 39.6 Å². The number of anilines is 1. The Bertz CT molecular complexity index is 712. The van der Waals surface area contributed by atoms with Gasteiger partial charge in [-0.25, -0.2) is 0 Å². The highest BCUT2D eigenvalue weighted by Crippen LogP contribution is 2.33. The lowest BCUT2D eigenvalue weighted by Gasteiger charge is -2.15. The standard InChI is InChI=1S/C11H13IN4O4/c12-7-1-4-9(14-11(13)15-10(4)19)16(7)8-2-5(18)6(3-17)20-8/h1,5-6,8,17-18H,2-3H2,(H3,13,14,15,19)/t5-,6+,8+/m0/s1. The summed E-state index contributed by atoms with van der Waals surface area (Å²) in [6.45, 7) is -0.260. The van der Waals surface area contributed by atoms with E-state index in [1.807, 2.05) is 0 Å². The van der Waals surface area contributed by atoms with Gasteiger partial charge in [0.05, 0.1) is 21.8 Å². The van der Waals surface area contributed by atoms with Crippen LogP contribution in [0.15, 0.2) is 10.9 Å². The van der Waals surface area contributed by atoms with Crippen LogP contribution in [0.2, 0.25) is 0 Å². The summed E-state index contributed by atoms with van der Waals surface area (Å²) in [6, 6.07) is 1.68. The monoisotopic (exact) mass is 392 g/mol. The van der Waals surface area contributed by atoms with Gasteiger partial charge in [0.25, 0.3) is 5.56 Å². The lowest BCUT2D eigenvalue weighted by molar-refractivity contribution is -0.0437. The van der Waals surface area contributed by atoms with E-state index in [0.717, 1.165) is 3.70 Å². The molecule has 1 fully saturated rings. The molecule has 0 aromatic carbocycles. The lowest BCUT2D eigenvalue weighted by Crippen LogP contribution is -2.24. The van der Waals surface area contributed by atoms with Crippen LogP contribution < -0.4 is 11.3 Å². The Labute approximate surface area is 126 Å². The molecule has 0 unspecified atom stereocenters. The maximum Gasteiger partial charge on any atom is 0.261 e. The molecule has 3 heterocycles. The highest BCUT2D eigenvalue weighted by molar-refractivity contribution is 14.1. The number of hydrogen-bond acceptors (Lipinski definition) is 6. The summed E-state index contributed by atoms with van der Waals surface area (Å²) in [5, 5.41) is 19.4. The average Bonchev–Trinajstić information content (AvgIpc) is 2.89. The maximum atomic E-state index is 11.8. The fourth-order valence-corrected chi connectivity index (χ4v) is 3.25. The van der Waals surface area contributed by atoms with Crippen LogP contribution in [0.5, 0.6) is 0 Å². The van der Waals surface area contributed by atoms with Crippen LogP contribution in [0.1, 0.15) is 12.6 Å². The van der Waals surface area contributed by atoms with Gasteiger partial charge in [0.1, 0.15) is 12.3 Å². The minimum atomic E-state index is -0.752. The van der Waals surface area contributed by atoms with Gasteiger partial charge in [-0.15, -0.1) is 0 Å². The second-order valence-electron chi connectivity index (χ2n) is 4.64. The number of ether oxygens (including phenoxy) is 1. The third kappa shape index (κ3) is 2.10. The first kappa shape index (κ1) is 13.8. The summed E-state index contributed by atoms with van der Waals surface area (Å²) in [6.07, 6.45) is -1.55. The molecule has 108 valence electrons. The summed E-state index contributed by atoms with van der Waals surface area (Å²) in [4.78, 5) is 18.4. The van der Waals surface area contributed by atoms with E-state index in [2.05, 4.69) is 32.6 Å². The molecule has 0 radical (unpaired) electrons.